The predicted molar refractivity (Wildman–Crippen MR) is 69.1 cm³/mol. The highest BCUT2D eigenvalue weighted by molar-refractivity contribution is 5.76. The van der Waals surface area contributed by atoms with Gasteiger partial charge in [-0.05, 0) is 30.7 Å². The quantitative estimate of drug-likeness (QED) is 0.614. The number of anilines is 1. The average molecular weight is 259 g/mol. The third-order valence-corrected chi connectivity index (χ3v) is 2.82. The molecule has 4 N–H and O–H groups in total. The third kappa shape index (κ3) is 1.85. The van der Waals surface area contributed by atoms with E-state index in [0.29, 0.717) is 17.0 Å². The number of nitrogen functional groups attached to an aromatic ring is 1. The SMILES string of the molecule is Cc1cc(F)ccc1-c1nc2nc(N)[nH]c(=O)c2[nH]1. The van der Waals surface area contributed by atoms with Crippen LogP contribution in [0.15, 0.2) is 23.0 Å². The van der Waals surface area contributed by atoms with Crippen molar-refractivity contribution in [3.63, 3.8) is 0 Å². The number of halogens is 1. The zero-order valence-electron chi connectivity index (χ0n) is 9.99. The number of H-pyrrole nitrogens is 2. The fourth-order valence-electron chi connectivity index (χ4n) is 1.94. The van der Waals surface area contributed by atoms with Crippen molar-refractivity contribution in [3.8, 4) is 11.4 Å². The molecule has 0 saturated heterocycles. The molecule has 1 aromatic carbocycles. The zero-order chi connectivity index (χ0) is 13.6. The fourth-order valence-corrected chi connectivity index (χ4v) is 1.94. The second kappa shape index (κ2) is 3.91. The van der Waals surface area contributed by atoms with E-state index in [2.05, 4.69) is 19.9 Å². The second-order valence-electron chi connectivity index (χ2n) is 4.19. The molecule has 7 heteroatoms. The number of hydrogen-bond donors (Lipinski definition) is 3. The lowest BCUT2D eigenvalue weighted by molar-refractivity contribution is 0.627. The largest absolute Gasteiger partial charge is 0.369 e. The van der Waals surface area contributed by atoms with Gasteiger partial charge in [0.25, 0.3) is 5.56 Å². The summed E-state index contributed by atoms with van der Waals surface area (Å²) in [5.41, 5.74) is 6.96. The van der Waals surface area contributed by atoms with Crippen molar-refractivity contribution in [2.75, 3.05) is 5.73 Å². The number of fused-ring (bicyclic) bond motifs is 1. The van der Waals surface area contributed by atoms with Gasteiger partial charge in [-0.1, -0.05) is 0 Å². The topological polar surface area (TPSA) is 100 Å². The second-order valence-corrected chi connectivity index (χ2v) is 4.19. The Balaban J connectivity index is 2.26. The molecule has 3 aromatic rings. The van der Waals surface area contributed by atoms with Crippen LogP contribution in [0.25, 0.3) is 22.6 Å². The number of nitrogens with zero attached hydrogens (tertiary/aromatic N) is 2. The van der Waals surface area contributed by atoms with Crippen LogP contribution in [0.4, 0.5) is 10.3 Å². The number of benzene rings is 1. The average Bonchev–Trinajstić information content (AvgIpc) is 2.72. The van der Waals surface area contributed by atoms with Crippen LogP contribution in [0.5, 0.6) is 0 Å². The number of nitrogens with two attached hydrogens (primary N) is 1. The molecule has 19 heavy (non-hydrogen) atoms. The number of rotatable bonds is 1. The molecule has 6 nitrogen and oxygen atoms in total. The summed E-state index contributed by atoms with van der Waals surface area (Å²) in [6.45, 7) is 1.76. The number of aryl methyl sites for hydroxylation is 1. The summed E-state index contributed by atoms with van der Waals surface area (Å²) in [5.74, 6) is 0.139. The summed E-state index contributed by atoms with van der Waals surface area (Å²) in [6.07, 6.45) is 0. The Labute approximate surface area is 106 Å². The van der Waals surface area contributed by atoms with Crippen LogP contribution in [-0.2, 0) is 0 Å². The van der Waals surface area contributed by atoms with Crippen molar-refractivity contribution in [3.05, 3.63) is 39.9 Å². The van der Waals surface area contributed by atoms with Gasteiger partial charge in [-0.2, -0.15) is 4.98 Å². The Morgan fingerprint density at radius 2 is 2.05 bits per heavy atom. The van der Waals surface area contributed by atoms with E-state index in [9.17, 15) is 9.18 Å². The first-order valence-corrected chi connectivity index (χ1v) is 5.56. The molecule has 0 bridgehead atoms. The van der Waals surface area contributed by atoms with Crippen molar-refractivity contribution >= 4 is 17.1 Å². The van der Waals surface area contributed by atoms with Crippen LogP contribution < -0.4 is 11.3 Å². The van der Waals surface area contributed by atoms with Crippen LogP contribution in [0.1, 0.15) is 5.56 Å². The first-order valence-electron chi connectivity index (χ1n) is 5.56. The fraction of sp³-hybridized carbons (Fsp3) is 0.0833. The lowest BCUT2D eigenvalue weighted by Gasteiger charge is -2.01. The monoisotopic (exact) mass is 259 g/mol. The first-order chi connectivity index (χ1) is 9.04. The van der Waals surface area contributed by atoms with Crippen molar-refractivity contribution < 1.29 is 4.39 Å². The molecule has 0 unspecified atom stereocenters. The van der Waals surface area contributed by atoms with Gasteiger partial charge in [0.15, 0.2) is 11.2 Å². The van der Waals surface area contributed by atoms with Gasteiger partial charge in [0.1, 0.15) is 11.6 Å². The third-order valence-electron chi connectivity index (χ3n) is 2.82. The van der Waals surface area contributed by atoms with E-state index in [4.69, 9.17) is 5.73 Å². The predicted octanol–water partition coefficient (Wildman–Crippen LogP) is 1.34. The summed E-state index contributed by atoms with van der Waals surface area (Å²) >= 11 is 0. The van der Waals surface area contributed by atoms with Crippen molar-refractivity contribution in [1.82, 2.24) is 19.9 Å². The molecule has 0 atom stereocenters. The molecule has 0 aliphatic heterocycles. The molecular formula is C12H10FN5O. The van der Waals surface area contributed by atoms with Crippen LogP contribution in [0.2, 0.25) is 0 Å². The number of hydrogen-bond acceptors (Lipinski definition) is 4. The van der Waals surface area contributed by atoms with E-state index in [0.717, 1.165) is 0 Å². The van der Waals surface area contributed by atoms with Gasteiger partial charge in [-0.3, -0.25) is 9.78 Å². The highest BCUT2D eigenvalue weighted by atomic mass is 19.1. The number of nitrogens with one attached hydrogen (secondary N) is 2. The van der Waals surface area contributed by atoms with Crippen LogP contribution >= 0.6 is 0 Å². The Kier molecular flexibility index (Phi) is 2.34. The molecule has 0 aliphatic rings. The maximum atomic E-state index is 13.1. The molecule has 3 rings (SSSR count). The molecular weight excluding hydrogens is 249 g/mol. The van der Waals surface area contributed by atoms with Gasteiger partial charge in [-0.25, -0.2) is 9.37 Å². The highest BCUT2D eigenvalue weighted by Gasteiger charge is 2.12. The first kappa shape index (κ1) is 11.4. The number of imidazole rings is 1. The van der Waals surface area contributed by atoms with Gasteiger partial charge in [-0.15, -0.1) is 0 Å². The van der Waals surface area contributed by atoms with E-state index in [1.807, 2.05) is 0 Å². The molecule has 0 aliphatic carbocycles. The summed E-state index contributed by atoms with van der Waals surface area (Å²) in [4.78, 5) is 25.1. The number of aromatic nitrogens is 4. The van der Waals surface area contributed by atoms with Crippen molar-refractivity contribution in [1.29, 1.82) is 0 Å². The summed E-state index contributed by atoms with van der Waals surface area (Å²) < 4.78 is 13.1. The smallest absolute Gasteiger partial charge is 0.278 e. The van der Waals surface area contributed by atoms with Gasteiger partial charge in [0.05, 0.1) is 0 Å². The molecule has 0 radical (unpaired) electrons. The van der Waals surface area contributed by atoms with Crippen LogP contribution in [-0.4, -0.2) is 19.9 Å². The van der Waals surface area contributed by atoms with Gasteiger partial charge >= 0.3 is 0 Å². The minimum atomic E-state index is -0.388. The van der Waals surface area contributed by atoms with Crippen molar-refractivity contribution in [2.24, 2.45) is 0 Å². The minimum absolute atomic E-state index is 0.00591. The Bertz CT molecular complexity index is 836. The molecule has 0 saturated carbocycles. The van der Waals surface area contributed by atoms with E-state index < -0.39 is 0 Å². The van der Waals surface area contributed by atoms with Crippen molar-refractivity contribution in [2.45, 2.75) is 6.92 Å². The molecule has 0 spiro atoms. The number of aromatic amines is 2. The molecule has 2 heterocycles. The lowest BCUT2D eigenvalue weighted by Crippen LogP contribution is -2.10. The van der Waals surface area contributed by atoms with Crippen LogP contribution in [0, 0.1) is 12.7 Å². The normalized spacial score (nSPS) is 11.1. The maximum absolute atomic E-state index is 13.1. The van der Waals surface area contributed by atoms with E-state index >= 15 is 0 Å². The molecule has 2 aromatic heterocycles. The summed E-state index contributed by atoms with van der Waals surface area (Å²) in [6, 6.07) is 4.33. The van der Waals surface area contributed by atoms with Gasteiger partial charge in [0, 0.05) is 5.56 Å². The van der Waals surface area contributed by atoms with Gasteiger partial charge < -0.3 is 10.7 Å². The Morgan fingerprint density at radius 1 is 1.26 bits per heavy atom. The summed E-state index contributed by atoms with van der Waals surface area (Å²) in [5, 5.41) is 0. The zero-order valence-corrected chi connectivity index (χ0v) is 9.99. The molecule has 96 valence electrons. The Morgan fingerprint density at radius 3 is 2.79 bits per heavy atom. The van der Waals surface area contributed by atoms with E-state index in [1.165, 1.54) is 12.1 Å². The van der Waals surface area contributed by atoms with Gasteiger partial charge in [0.2, 0.25) is 5.95 Å². The minimum Gasteiger partial charge on any atom is -0.369 e. The Hall–Kier alpha value is -2.70. The summed E-state index contributed by atoms with van der Waals surface area (Å²) in [7, 11) is 0. The van der Waals surface area contributed by atoms with Crippen LogP contribution in [0.3, 0.4) is 0 Å². The highest BCUT2D eigenvalue weighted by Crippen LogP contribution is 2.22. The van der Waals surface area contributed by atoms with E-state index in [1.54, 1.807) is 13.0 Å². The standard InChI is InChI=1S/C12H10FN5O/c1-5-4-6(13)2-3-7(5)9-15-8-10(16-9)17-12(14)18-11(8)19/h2-4H,1H3,(H4,14,15,16,17,18,19). The molecule has 0 fully saturated rings. The lowest BCUT2D eigenvalue weighted by atomic mass is 10.1. The molecule has 0 amide bonds. The van der Waals surface area contributed by atoms with E-state index in [-0.39, 0.29) is 28.5 Å². The maximum Gasteiger partial charge on any atom is 0.278 e.